The second-order valence-corrected chi connectivity index (χ2v) is 10.7. The topological polar surface area (TPSA) is 73.9 Å². The Morgan fingerprint density at radius 2 is 1.89 bits per heavy atom. The molecule has 6 nitrogen and oxygen atoms in total. The number of esters is 2. The van der Waals surface area contributed by atoms with E-state index < -0.39 is 17.3 Å². The molecule has 2 bridgehead atoms. The molecule has 5 unspecified atom stereocenters. The molecule has 5 atom stereocenters. The quantitative estimate of drug-likeness (QED) is 0.365. The predicted octanol–water partition coefficient (Wildman–Crippen LogP) is 4.59. The molecule has 0 radical (unpaired) electrons. The summed E-state index contributed by atoms with van der Waals surface area (Å²) in [6.07, 6.45) is 7.14. The number of nitrogens with one attached hydrogen (secondary N) is 1. The third-order valence-electron chi connectivity index (χ3n) is 8.69. The number of carbonyl (C=O) groups excluding carboxylic acids is 2. The first-order valence-corrected chi connectivity index (χ1v) is 13.1. The van der Waals surface area contributed by atoms with E-state index in [-0.39, 0.29) is 29.9 Å². The van der Waals surface area contributed by atoms with Crippen molar-refractivity contribution in [3.63, 3.8) is 0 Å². The molecule has 4 aliphatic rings. The van der Waals surface area contributed by atoms with Gasteiger partial charge in [-0.05, 0) is 75.8 Å². The Kier molecular flexibility index (Phi) is 6.62. The standard InChI is InChI=1S/C29H37NO5/c1-4-24(31)33-23-18-29(21-14-16-30-17-15-21)27(26-19(2)10-12-22(26)28(23,3)35-29)34-25(32)13-11-20-8-6-5-7-9-20/h5-9,11,13,21-23,27,30H,4,10,12,14-18H2,1-3H3/b13-11+. The van der Waals surface area contributed by atoms with E-state index in [4.69, 9.17) is 14.2 Å². The van der Waals surface area contributed by atoms with Gasteiger partial charge >= 0.3 is 11.9 Å². The lowest BCUT2D eigenvalue weighted by molar-refractivity contribution is -0.228. The molecule has 1 aromatic rings. The van der Waals surface area contributed by atoms with Gasteiger partial charge in [-0.2, -0.15) is 0 Å². The van der Waals surface area contributed by atoms with E-state index >= 15 is 0 Å². The van der Waals surface area contributed by atoms with E-state index in [1.54, 1.807) is 6.08 Å². The number of fused-ring (bicyclic) bond motifs is 4. The maximum Gasteiger partial charge on any atom is 0.331 e. The highest BCUT2D eigenvalue weighted by atomic mass is 16.6. The Balaban J connectivity index is 1.52. The molecule has 188 valence electrons. The summed E-state index contributed by atoms with van der Waals surface area (Å²) in [5.41, 5.74) is 2.14. The van der Waals surface area contributed by atoms with Crippen LogP contribution in [0.1, 0.15) is 64.9 Å². The SMILES string of the molecule is CCC(=O)OC1CC2(C3CCNCC3)OC1(C)C1CCC(C)=C1C2OC(=O)/C=C/c1ccccc1. The molecule has 0 amide bonds. The highest BCUT2D eigenvalue weighted by Gasteiger charge is 2.71. The van der Waals surface area contributed by atoms with Gasteiger partial charge in [0.15, 0.2) is 6.10 Å². The molecule has 0 spiro atoms. The van der Waals surface area contributed by atoms with Crippen molar-refractivity contribution in [3.05, 3.63) is 53.1 Å². The third-order valence-corrected chi connectivity index (χ3v) is 8.69. The van der Waals surface area contributed by atoms with Crippen molar-refractivity contribution in [2.75, 3.05) is 13.1 Å². The zero-order valence-electron chi connectivity index (χ0n) is 21.0. The van der Waals surface area contributed by atoms with Crippen LogP contribution in [0.4, 0.5) is 0 Å². The van der Waals surface area contributed by atoms with Crippen LogP contribution in [0.15, 0.2) is 47.6 Å². The molecule has 1 aliphatic carbocycles. The summed E-state index contributed by atoms with van der Waals surface area (Å²) in [4.78, 5) is 25.6. The molecule has 3 fully saturated rings. The highest BCUT2D eigenvalue weighted by Crippen LogP contribution is 2.62. The van der Waals surface area contributed by atoms with Crippen LogP contribution in [0.2, 0.25) is 0 Å². The Morgan fingerprint density at radius 1 is 1.14 bits per heavy atom. The average Bonchev–Trinajstić information content (AvgIpc) is 3.39. The molecule has 35 heavy (non-hydrogen) atoms. The number of carbonyl (C=O) groups is 2. The molecule has 3 saturated heterocycles. The molecule has 0 aromatic heterocycles. The zero-order chi connectivity index (χ0) is 24.6. The summed E-state index contributed by atoms with van der Waals surface area (Å²) in [6.45, 7) is 7.90. The lowest BCUT2D eigenvalue weighted by Gasteiger charge is -2.52. The molecular weight excluding hydrogens is 442 g/mol. The van der Waals surface area contributed by atoms with Crippen LogP contribution in [-0.2, 0) is 23.8 Å². The minimum atomic E-state index is -0.691. The maximum absolute atomic E-state index is 13.2. The van der Waals surface area contributed by atoms with E-state index in [0.29, 0.717) is 12.8 Å². The first-order valence-electron chi connectivity index (χ1n) is 13.1. The first kappa shape index (κ1) is 24.3. The Hall–Kier alpha value is -2.44. The lowest BCUT2D eigenvalue weighted by atomic mass is 9.71. The minimum Gasteiger partial charge on any atom is -0.459 e. The maximum atomic E-state index is 13.2. The van der Waals surface area contributed by atoms with Crippen LogP contribution < -0.4 is 5.32 Å². The molecule has 0 saturated carbocycles. The average molecular weight is 480 g/mol. The number of piperidine rings is 1. The van der Waals surface area contributed by atoms with Crippen molar-refractivity contribution in [1.82, 2.24) is 5.32 Å². The van der Waals surface area contributed by atoms with Gasteiger partial charge in [0.1, 0.15) is 17.3 Å². The van der Waals surface area contributed by atoms with Gasteiger partial charge in [-0.15, -0.1) is 0 Å². The normalized spacial score (nSPS) is 34.8. The van der Waals surface area contributed by atoms with Gasteiger partial charge in [0, 0.05) is 24.8 Å². The van der Waals surface area contributed by atoms with Crippen molar-refractivity contribution < 1.29 is 23.8 Å². The van der Waals surface area contributed by atoms with E-state index in [1.165, 1.54) is 17.2 Å². The summed E-state index contributed by atoms with van der Waals surface area (Å²) in [6, 6.07) is 9.75. The fourth-order valence-electron chi connectivity index (χ4n) is 6.91. The second-order valence-electron chi connectivity index (χ2n) is 10.7. The van der Waals surface area contributed by atoms with Gasteiger partial charge in [0.2, 0.25) is 0 Å². The Labute approximate surface area is 208 Å². The number of rotatable bonds is 6. The molecule has 6 heteroatoms. The minimum absolute atomic E-state index is 0.0744. The molecule has 3 aliphatic heterocycles. The third kappa shape index (κ3) is 4.25. The van der Waals surface area contributed by atoms with E-state index in [0.717, 1.165) is 44.3 Å². The summed E-state index contributed by atoms with van der Waals surface area (Å²) < 4.78 is 19.4. The van der Waals surface area contributed by atoms with E-state index in [1.807, 2.05) is 37.3 Å². The van der Waals surface area contributed by atoms with Crippen molar-refractivity contribution in [1.29, 1.82) is 0 Å². The lowest BCUT2D eigenvalue weighted by Crippen LogP contribution is -2.60. The zero-order valence-corrected chi connectivity index (χ0v) is 21.0. The molecule has 1 N–H and O–H groups in total. The summed E-state index contributed by atoms with van der Waals surface area (Å²) in [5.74, 6) is -0.275. The molecule has 3 heterocycles. The fraction of sp³-hybridized carbons (Fsp3) is 0.586. The number of hydrogen-bond acceptors (Lipinski definition) is 6. The second kappa shape index (κ2) is 9.55. The summed E-state index contributed by atoms with van der Waals surface area (Å²) >= 11 is 0. The molecule has 1 aromatic carbocycles. The first-order chi connectivity index (χ1) is 16.9. The van der Waals surface area contributed by atoms with Crippen LogP contribution in [0.25, 0.3) is 6.08 Å². The van der Waals surface area contributed by atoms with Gasteiger partial charge in [-0.1, -0.05) is 42.8 Å². The highest BCUT2D eigenvalue weighted by molar-refractivity contribution is 5.87. The smallest absolute Gasteiger partial charge is 0.331 e. The molecular formula is C29H37NO5. The number of allylic oxidation sites excluding steroid dienone is 1. The van der Waals surface area contributed by atoms with E-state index in [2.05, 4.69) is 19.2 Å². The molecule has 5 rings (SSSR count). The van der Waals surface area contributed by atoms with Crippen LogP contribution in [0.5, 0.6) is 0 Å². The Bertz CT molecular complexity index is 1030. The van der Waals surface area contributed by atoms with Gasteiger partial charge in [0.05, 0.1) is 0 Å². The monoisotopic (exact) mass is 479 g/mol. The number of benzene rings is 1. The van der Waals surface area contributed by atoms with E-state index in [9.17, 15) is 9.59 Å². The Morgan fingerprint density at radius 3 is 2.60 bits per heavy atom. The largest absolute Gasteiger partial charge is 0.459 e. The fourth-order valence-corrected chi connectivity index (χ4v) is 6.91. The van der Waals surface area contributed by atoms with Gasteiger partial charge < -0.3 is 19.5 Å². The van der Waals surface area contributed by atoms with Crippen molar-refractivity contribution in [2.45, 2.75) is 82.7 Å². The van der Waals surface area contributed by atoms with Gasteiger partial charge in [0.25, 0.3) is 0 Å². The number of hydrogen-bond donors (Lipinski definition) is 1. The van der Waals surface area contributed by atoms with Gasteiger partial charge in [-0.25, -0.2) is 4.79 Å². The van der Waals surface area contributed by atoms with Crippen molar-refractivity contribution >= 4 is 18.0 Å². The van der Waals surface area contributed by atoms with Crippen LogP contribution in [0.3, 0.4) is 0 Å². The van der Waals surface area contributed by atoms with Gasteiger partial charge in [-0.3, -0.25) is 4.79 Å². The van der Waals surface area contributed by atoms with Crippen molar-refractivity contribution in [3.8, 4) is 0 Å². The van der Waals surface area contributed by atoms with Crippen LogP contribution >= 0.6 is 0 Å². The predicted molar refractivity (Wildman–Crippen MR) is 133 cm³/mol. The summed E-state index contributed by atoms with van der Waals surface area (Å²) in [7, 11) is 0. The van der Waals surface area contributed by atoms with Crippen LogP contribution in [-0.4, -0.2) is 48.4 Å². The summed E-state index contributed by atoms with van der Waals surface area (Å²) in [5, 5.41) is 3.45. The number of ether oxygens (including phenoxy) is 3. The van der Waals surface area contributed by atoms with Crippen molar-refractivity contribution in [2.24, 2.45) is 11.8 Å². The van der Waals surface area contributed by atoms with Crippen LogP contribution in [0, 0.1) is 11.8 Å².